The number of hydrogen-bond donors (Lipinski definition) is 1. The number of alkyl carbamates (subject to hydrolysis) is 1. The summed E-state index contributed by atoms with van der Waals surface area (Å²) in [5, 5.41) is 6.31. The minimum Gasteiger partial charge on any atom is -0.444 e. The van der Waals surface area contributed by atoms with Crippen LogP contribution < -0.4 is 5.32 Å². The Morgan fingerprint density at radius 3 is 2.61 bits per heavy atom. The van der Waals surface area contributed by atoms with E-state index in [2.05, 4.69) is 15.4 Å². The summed E-state index contributed by atoms with van der Waals surface area (Å²) in [7, 11) is 1.64. The van der Waals surface area contributed by atoms with Gasteiger partial charge < -0.3 is 10.1 Å². The summed E-state index contributed by atoms with van der Waals surface area (Å²) >= 11 is 0. The van der Waals surface area contributed by atoms with Crippen LogP contribution in [0.5, 0.6) is 0 Å². The summed E-state index contributed by atoms with van der Waals surface area (Å²) in [6, 6.07) is 0. The molecule has 0 atom stereocenters. The third-order valence-electron chi connectivity index (χ3n) is 1.98. The lowest BCUT2D eigenvalue weighted by molar-refractivity contribution is 0.0527. The van der Waals surface area contributed by atoms with E-state index in [9.17, 15) is 9.59 Å². The first-order valence-corrected chi connectivity index (χ1v) is 5.63. The average molecular weight is 254 g/mol. The number of carbonyl (C=O) groups excluding carboxylic acids is 2. The summed E-state index contributed by atoms with van der Waals surface area (Å²) in [5.41, 5.74) is -0.544. The van der Waals surface area contributed by atoms with Crippen molar-refractivity contribution in [3.8, 4) is 0 Å². The van der Waals surface area contributed by atoms with Crippen molar-refractivity contribution in [2.75, 3.05) is 6.54 Å². The summed E-state index contributed by atoms with van der Waals surface area (Å²) < 4.78 is 6.44. The molecule has 1 rings (SSSR count). The molecule has 0 aliphatic rings. The van der Waals surface area contributed by atoms with Crippen LogP contribution in [-0.2, 0) is 11.8 Å². The van der Waals surface area contributed by atoms with E-state index in [0.717, 1.165) is 0 Å². The molecule has 18 heavy (non-hydrogen) atoms. The van der Waals surface area contributed by atoms with Crippen molar-refractivity contribution in [3.05, 3.63) is 12.2 Å². The number of Topliss-reactive ketones (excluding diaryl/α,β-unsaturated/α-hetero) is 1. The standard InChI is InChI=1S/C11H18N4O3/c1-11(2,3)18-10(17)12-6-5-8(16)9-13-7-14-15(9)4/h7H,5-6H2,1-4H3,(H,12,17). The minimum absolute atomic E-state index is 0.159. The Kier molecular flexibility index (Phi) is 4.41. The first-order chi connectivity index (χ1) is 8.29. The number of ether oxygens (including phenoxy) is 1. The molecule has 0 aliphatic heterocycles. The van der Waals surface area contributed by atoms with Crippen LogP contribution >= 0.6 is 0 Å². The van der Waals surface area contributed by atoms with E-state index in [1.165, 1.54) is 11.0 Å². The van der Waals surface area contributed by atoms with E-state index in [0.29, 0.717) is 0 Å². The van der Waals surface area contributed by atoms with E-state index in [4.69, 9.17) is 4.74 Å². The van der Waals surface area contributed by atoms with Gasteiger partial charge in [0.15, 0.2) is 5.82 Å². The lowest BCUT2D eigenvalue weighted by Gasteiger charge is -2.19. The molecular weight excluding hydrogens is 236 g/mol. The highest BCUT2D eigenvalue weighted by molar-refractivity contribution is 5.92. The van der Waals surface area contributed by atoms with Crippen LogP contribution in [0.3, 0.4) is 0 Å². The van der Waals surface area contributed by atoms with Crippen LogP contribution in [-0.4, -0.2) is 38.8 Å². The summed E-state index contributed by atoms with van der Waals surface area (Å²) in [6.07, 6.45) is 0.939. The number of hydrogen-bond acceptors (Lipinski definition) is 5. The predicted molar refractivity (Wildman–Crippen MR) is 64.2 cm³/mol. The van der Waals surface area contributed by atoms with Gasteiger partial charge >= 0.3 is 6.09 Å². The number of rotatable bonds is 4. The molecule has 1 amide bonds. The second-order valence-corrected chi connectivity index (χ2v) is 4.81. The maximum absolute atomic E-state index is 11.7. The molecule has 1 N–H and O–H groups in total. The van der Waals surface area contributed by atoms with Gasteiger partial charge in [0.05, 0.1) is 0 Å². The largest absolute Gasteiger partial charge is 0.444 e. The normalized spacial score (nSPS) is 11.1. The van der Waals surface area contributed by atoms with Crippen molar-refractivity contribution in [1.29, 1.82) is 0 Å². The summed E-state index contributed by atoms with van der Waals surface area (Å²) in [6.45, 7) is 5.53. The van der Waals surface area contributed by atoms with E-state index in [-0.39, 0.29) is 24.6 Å². The number of amides is 1. The number of aryl methyl sites for hydroxylation is 1. The van der Waals surface area contributed by atoms with Crippen molar-refractivity contribution in [1.82, 2.24) is 20.1 Å². The fourth-order valence-corrected chi connectivity index (χ4v) is 1.25. The highest BCUT2D eigenvalue weighted by atomic mass is 16.6. The van der Waals surface area contributed by atoms with Crippen molar-refractivity contribution >= 4 is 11.9 Å². The number of carbonyl (C=O) groups is 2. The lowest BCUT2D eigenvalue weighted by atomic mass is 10.2. The van der Waals surface area contributed by atoms with Gasteiger partial charge in [-0.25, -0.2) is 14.5 Å². The molecule has 0 spiro atoms. The Morgan fingerprint density at radius 1 is 1.44 bits per heavy atom. The monoisotopic (exact) mass is 254 g/mol. The van der Waals surface area contributed by atoms with Crippen molar-refractivity contribution in [2.24, 2.45) is 7.05 Å². The predicted octanol–water partition coefficient (Wildman–Crippen LogP) is 0.913. The third-order valence-corrected chi connectivity index (χ3v) is 1.98. The number of nitrogens with one attached hydrogen (secondary N) is 1. The van der Waals surface area contributed by atoms with E-state index < -0.39 is 11.7 Å². The second-order valence-electron chi connectivity index (χ2n) is 4.81. The minimum atomic E-state index is -0.544. The Balaban J connectivity index is 2.33. The Bertz CT molecular complexity index is 434. The summed E-state index contributed by atoms with van der Waals surface area (Å²) in [4.78, 5) is 26.8. The molecule has 1 heterocycles. The highest BCUT2D eigenvalue weighted by Crippen LogP contribution is 2.06. The molecule has 0 saturated heterocycles. The molecule has 7 heteroatoms. The molecule has 100 valence electrons. The third kappa shape index (κ3) is 4.52. The van der Waals surface area contributed by atoms with E-state index in [1.54, 1.807) is 27.8 Å². The van der Waals surface area contributed by atoms with Gasteiger partial charge in [-0.15, -0.1) is 0 Å². The number of nitrogens with zero attached hydrogens (tertiary/aromatic N) is 3. The van der Waals surface area contributed by atoms with Gasteiger partial charge in [0.1, 0.15) is 11.9 Å². The van der Waals surface area contributed by atoms with Gasteiger partial charge in [-0.1, -0.05) is 0 Å². The zero-order chi connectivity index (χ0) is 13.8. The van der Waals surface area contributed by atoms with Gasteiger partial charge in [-0.05, 0) is 20.8 Å². The fraction of sp³-hybridized carbons (Fsp3) is 0.636. The highest BCUT2D eigenvalue weighted by Gasteiger charge is 2.16. The molecule has 0 aromatic carbocycles. The number of ketones is 1. The van der Waals surface area contributed by atoms with Crippen molar-refractivity contribution in [2.45, 2.75) is 32.8 Å². The molecule has 0 saturated carbocycles. The summed E-state index contributed by atoms with van der Waals surface area (Å²) in [5.74, 6) is 0.104. The first kappa shape index (κ1) is 14.1. The zero-order valence-electron chi connectivity index (χ0n) is 11.1. The quantitative estimate of drug-likeness (QED) is 0.807. The molecule has 0 aliphatic carbocycles. The number of aromatic nitrogens is 3. The van der Waals surface area contributed by atoms with E-state index in [1.807, 2.05) is 0 Å². The van der Waals surface area contributed by atoms with Gasteiger partial charge in [-0.2, -0.15) is 5.10 Å². The van der Waals surface area contributed by atoms with Gasteiger partial charge in [0.25, 0.3) is 0 Å². The lowest BCUT2D eigenvalue weighted by Crippen LogP contribution is -2.33. The van der Waals surface area contributed by atoms with Crippen LogP contribution in [0.2, 0.25) is 0 Å². The topological polar surface area (TPSA) is 86.1 Å². The van der Waals surface area contributed by atoms with Crippen molar-refractivity contribution < 1.29 is 14.3 Å². The average Bonchev–Trinajstić information content (AvgIpc) is 2.61. The molecule has 0 bridgehead atoms. The molecule has 1 aromatic heterocycles. The Labute approximate surface area is 106 Å². The molecule has 0 fully saturated rings. The smallest absolute Gasteiger partial charge is 0.407 e. The fourth-order valence-electron chi connectivity index (χ4n) is 1.25. The Hall–Kier alpha value is -1.92. The van der Waals surface area contributed by atoms with Crippen LogP contribution in [0.4, 0.5) is 4.79 Å². The van der Waals surface area contributed by atoms with Crippen LogP contribution in [0, 0.1) is 0 Å². The van der Waals surface area contributed by atoms with Crippen molar-refractivity contribution in [3.63, 3.8) is 0 Å². The van der Waals surface area contributed by atoms with Gasteiger partial charge in [-0.3, -0.25) is 4.79 Å². The molecular formula is C11H18N4O3. The van der Waals surface area contributed by atoms with Crippen LogP contribution in [0.15, 0.2) is 6.33 Å². The first-order valence-electron chi connectivity index (χ1n) is 5.63. The maximum Gasteiger partial charge on any atom is 0.407 e. The SMILES string of the molecule is Cn1ncnc1C(=O)CCNC(=O)OC(C)(C)C. The zero-order valence-corrected chi connectivity index (χ0v) is 11.1. The molecule has 1 aromatic rings. The van der Waals surface area contributed by atoms with Crippen LogP contribution in [0.25, 0.3) is 0 Å². The molecule has 0 unspecified atom stereocenters. The van der Waals surface area contributed by atoms with Gasteiger partial charge in [0.2, 0.25) is 5.78 Å². The Morgan fingerprint density at radius 2 is 2.11 bits per heavy atom. The van der Waals surface area contributed by atoms with E-state index >= 15 is 0 Å². The molecule has 0 radical (unpaired) electrons. The second kappa shape index (κ2) is 5.61. The maximum atomic E-state index is 11.7. The molecule has 7 nitrogen and oxygen atoms in total. The van der Waals surface area contributed by atoms with Gasteiger partial charge in [0, 0.05) is 20.0 Å². The van der Waals surface area contributed by atoms with Crippen LogP contribution in [0.1, 0.15) is 37.8 Å².